The van der Waals surface area contributed by atoms with Gasteiger partial charge in [0.25, 0.3) is 0 Å². The van der Waals surface area contributed by atoms with E-state index in [0.717, 1.165) is 12.0 Å². The Kier molecular flexibility index (Phi) is 5.49. The van der Waals surface area contributed by atoms with Gasteiger partial charge in [-0.25, -0.2) is 0 Å². The van der Waals surface area contributed by atoms with Crippen LogP contribution in [0.3, 0.4) is 0 Å². The van der Waals surface area contributed by atoms with Gasteiger partial charge < -0.3 is 10.2 Å². The smallest absolute Gasteiger partial charge is 0.00917 e. The first-order chi connectivity index (χ1) is 6.74. The maximum absolute atomic E-state index is 3.44. The van der Waals surface area contributed by atoms with Crippen LogP contribution in [0.5, 0.6) is 0 Å². The summed E-state index contributed by atoms with van der Waals surface area (Å²) in [6, 6.07) is 0.808. The van der Waals surface area contributed by atoms with Gasteiger partial charge in [-0.05, 0) is 58.8 Å². The second-order valence-corrected chi connectivity index (χ2v) is 4.84. The lowest BCUT2D eigenvalue weighted by atomic mass is 9.89. The van der Waals surface area contributed by atoms with E-state index in [1.54, 1.807) is 0 Å². The number of hydrogen-bond acceptors (Lipinski definition) is 2. The third kappa shape index (κ3) is 3.97. The molecule has 1 aliphatic heterocycles. The van der Waals surface area contributed by atoms with Crippen molar-refractivity contribution >= 4 is 0 Å². The van der Waals surface area contributed by atoms with Crippen LogP contribution in [0.25, 0.3) is 0 Å². The molecule has 2 heteroatoms. The number of nitrogens with zero attached hydrogens (tertiary/aromatic N) is 1. The average Bonchev–Trinajstić information content (AvgIpc) is 2.18. The molecule has 84 valence electrons. The molecule has 2 nitrogen and oxygen atoms in total. The molecule has 0 amide bonds. The van der Waals surface area contributed by atoms with E-state index in [2.05, 4.69) is 31.2 Å². The van der Waals surface area contributed by atoms with E-state index in [0.29, 0.717) is 0 Å². The van der Waals surface area contributed by atoms with E-state index < -0.39 is 0 Å². The van der Waals surface area contributed by atoms with Gasteiger partial charge in [0.15, 0.2) is 0 Å². The minimum Gasteiger partial charge on any atom is -0.317 e. The summed E-state index contributed by atoms with van der Waals surface area (Å²) >= 11 is 0. The highest BCUT2D eigenvalue weighted by molar-refractivity contribution is 4.75. The first-order valence-electron chi connectivity index (χ1n) is 6.11. The molecule has 1 unspecified atom stereocenters. The molecule has 0 spiro atoms. The molecule has 1 N–H and O–H groups in total. The van der Waals surface area contributed by atoms with Gasteiger partial charge in [-0.3, -0.25) is 0 Å². The van der Waals surface area contributed by atoms with Crippen molar-refractivity contribution in [3.8, 4) is 0 Å². The number of piperidine rings is 1. The lowest BCUT2D eigenvalue weighted by molar-refractivity contribution is 0.210. The molecule has 1 fully saturated rings. The van der Waals surface area contributed by atoms with Crippen molar-refractivity contribution in [1.29, 1.82) is 0 Å². The van der Waals surface area contributed by atoms with E-state index in [1.807, 2.05) is 0 Å². The molecule has 0 aromatic heterocycles. The lowest BCUT2D eigenvalue weighted by Gasteiger charge is -2.30. The maximum atomic E-state index is 3.44. The van der Waals surface area contributed by atoms with Crippen molar-refractivity contribution < 1.29 is 0 Å². The van der Waals surface area contributed by atoms with Crippen LogP contribution < -0.4 is 5.32 Å². The van der Waals surface area contributed by atoms with Crippen LogP contribution in [0, 0.1) is 5.92 Å². The molecule has 0 saturated carbocycles. The summed E-state index contributed by atoms with van der Waals surface area (Å²) in [7, 11) is 4.45. The molecule has 1 atom stereocenters. The Balaban J connectivity index is 2.29. The highest BCUT2D eigenvalue weighted by atomic mass is 15.1. The van der Waals surface area contributed by atoms with Gasteiger partial charge in [0.2, 0.25) is 0 Å². The Morgan fingerprint density at radius 1 is 1.29 bits per heavy atom. The first kappa shape index (κ1) is 12.0. The summed E-state index contributed by atoms with van der Waals surface area (Å²) in [5, 5.41) is 3.44. The minimum atomic E-state index is 0.808. The van der Waals surface area contributed by atoms with E-state index >= 15 is 0 Å². The van der Waals surface area contributed by atoms with Crippen molar-refractivity contribution in [2.24, 2.45) is 5.92 Å². The van der Waals surface area contributed by atoms with Crippen molar-refractivity contribution in [1.82, 2.24) is 10.2 Å². The second kappa shape index (κ2) is 6.41. The normalized spacial score (nSPS) is 21.4. The molecule has 14 heavy (non-hydrogen) atoms. The van der Waals surface area contributed by atoms with Gasteiger partial charge in [-0.2, -0.15) is 0 Å². The molecular weight excluding hydrogens is 172 g/mol. The Labute approximate surface area is 89.1 Å². The topological polar surface area (TPSA) is 15.3 Å². The molecule has 1 saturated heterocycles. The van der Waals surface area contributed by atoms with Crippen LogP contribution in [-0.4, -0.2) is 38.1 Å². The van der Waals surface area contributed by atoms with E-state index in [-0.39, 0.29) is 0 Å². The van der Waals surface area contributed by atoms with E-state index in [9.17, 15) is 0 Å². The predicted molar refractivity (Wildman–Crippen MR) is 62.6 cm³/mol. The van der Waals surface area contributed by atoms with Crippen LogP contribution in [-0.2, 0) is 0 Å². The van der Waals surface area contributed by atoms with E-state index in [1.165, 1.54) is 45.2 Å². The van der Waals surface area contributed by atoms with Crippen LogP contribution in [0.1, 0.15) is 39.0 Å². The number of hydrogen-bond donors (Lipinski definition) is 1. The van der Waals surface area contributed by atoms with Crippen LogP contribution >= 0.6 is 0 Å². The standard InChI is InChI=1S/C12H26N2/c1-4-5-12(14(2)3)10-11-6-8-13-9-7-11/h11-13H,4-10H2,1-3H3. The van der Waals surface area contributed by atoms with Gasteiger partial charge in [0.1, 0.15) is 0 Å². The van der Waals surface area contributed by atoms with Crippen LogP contribution in [0.2, 0.25) is 0 Å². The molecule has 1 heterocycles. The zero-order valence-corrected chi connectivity index (χ0v) is 10.1. The van der Waals surface area contributed by atoms with Crippen LogP contribution in [0.15, 0.2) is 0 Å². The van der Waals surface area contributed by atoms with Gasteiger partial charge in [-0.1, -0.05) is 13.3 Å². The Morgan fingerprint density at radius 3 is 2.43 bits per heavy atom. The SMILES string of the molecule is CCCC(CC1CCNCC1)N(C)C. The van der Waals surface area contributed by atoms with Crippen molar-refractivity contribution in [2.75, 3.05) is 27.2 Å². The van der Waals surface area contributed by atoms with Gasteiger partial charge in [0.05, 0.1) is 0 Å². The number of nitrogens with one attached hydrogen (secondary N) is 1. The molecule has 0 aromatic rings. The summed E-state index contributed by atoms with van der Waals surface area (Å²) < 4.78 is 0. The van der Waals surface area contributed by atoms with Gasteiger partial charge in [0, 0.05) is 6.04 Å². The van der Waals surface area contributed by atoms with Crippen LogP contribution in [0.4, 0.5) is 0 Å². The average molecular weight is 198 g/mol. The fourth-order valence-corrected chi connectivity index (χ4v) is 2.42. The molecule has 0 aromatic carbocycles. The van der Waals surface area contributed by atoms with Crippen molar-refractivity contribution in [3.63, 3.8) is 0 Å². The minimum absolute atomic E-state index is 0.808. The fourth-order valence-electron chi connectivity index (χ4n) is 2.42. The third-order valence-electron chi connectivity index (χ3n) is 3.42. The van der Waals surface area contributed by atoms with Gasteiger partial charge in [-0.15, -0.1) is 0 Å². The lowest BCUT2D eigenvalue weighted by Crippen LogP contribution is -2.34. The summed E-state index contributed by atoms with van der Waals surface area (Å²) in [5.41, 5.74) is 0. The Bertz CT molecular complexity index is 139. The predicted octanol–water partition coefficient (Wildman–Crippen LogP) is 2.11. The molecule has 1 rings (SSSR count). The largest absolute Gasteiger partial charge is 0.317 e. The Morgan fingerprint density at radius 2 is 1.93 bits per heavy atom. The highest BCUT2D eigenvalue weighted by Gasteiger charge is 2.19. The Hall–Kier alpha value is -0.0800. The second-order valence-electron chi connectivity index (χ2n) is 4.84. The monoisotopic (exact) mass is 198 g/mol. The summed E-state index contributed by atoms with van der Waals surface area (Å²) in [5.74, 6) is 0.968. The first-order valence-corrected chi connectivity index (χ1v) is 6.11. The fraction of sp³-hybridized carbons (Fsp3) is 1.00. The van der Waals surface area contributed by atoms with Crippen molar-refractivity contribution in [3.05, 3.63) is 0 Å². The summed E-state index contributed by atoms with van der Waals surface area (Å²) in [6.45, 7) is 4.76. The van der Waals surface area contributed by atoms with E-state index in [4.69, 9.17) is 0 Å². The zero-order valence-electron chi connectivity index (χ0n) is 10.1. The molecule has 0 radical (unpaired) electrons. The maximum Gasteiger partial charge on any atom is 0.00917 e. The summed E-state index contributed by atoms with van der Waals surface area (Å²) in [4.78, 5) is 2.41. The third-order valence-corrected chi connectivity index (χ3v) is 3.42. The van der Waals surface area contributed by atoms with Gasteiger partial charge >= 0.3 is 0 Å². The molecular formula is C12H26N2. The molecule has 0 aliphatic carbocycles. The number of rotatable bonds is 5. The molecule has 0 bridgehead atoms. The quantitative estimate of drug-likeness (QED) is 0.728. The molecule has 1 aliphatic rings. The summed E-state index contributed by atoms with van der Waals surface area (Å²) in [6.07, 6.45) is 6.84. The highest BCUT2D eigenvalue weighted by Crippen LogP contribution is 2.21. The zero-order chi connectivity index (χ0) is 10.4. The van der Waals surface area contributed by atoms with Crippen molar-refractivity contribution in [2.45, 2.75) is 45.1 Å².